The molecule has 0 aromatic heterocycles. The van der Waals surface area contributed by atoms with Crippen molar-refractivity contribution in [1.82, 2.24) is 0 Å². The maximum atomic E-state index is 12.8. The summed E-state index contributed by atoms with van der Waals surface area (Å²) in [6.45, 7) is 0.143. The summed E-state index contributed by atoms with van der Waals surface area (Å²) in [6, 6.07) is 11.8. The highest BCUT2D eigenvalue weighted by Crippen LogP contribution is 2.36. The average Bonchev–Trinajstić information content (AvgIpc) is 2.49. The van der Waals surface area contributed by atoms with E-state index >= 15 is 0 Å². The van der Waals surface area contributed by atoms with Gasteiger partial charge in [0.1, 0.15) is 0 Å². The molecule has 1 aliphatic rings. The first-order chi connectivity index (χ1) is 10.2. The first-order valence-electron chi connectivity index (χ1n) is 7.10. The van der Waals surface area contributed by atoms with E-state index in [0.717, 1.165) is 38.5 Å². The van der Waals surface area contributed by atoms with Gasteiger partial charge >= 0.3 is 0 Å². The summed E-state index contributed by atoms with van der Waals surface area (Å²) in [5.41, 5.74) is 4.19. The van der Waals surface area contributed by atoms with Gasteiger partial charge in [0.25, 0.3) is 0 Å². The normalized spacial score (nSPS) is 16.4. The number of fused-ring (bicyclic) bond motifs is 2. The lowest BCUT2D eigenvalue weighted by molar-refractivity contribution is 0.297. The maximum absolute atomic E-state index is 12.8. The van der Waals surface area contributed by atoms with Crippen LogP contribution in [-0.2, 0) is 30.4 Å². The Bertz CT molecular complexity index is 654. The molecule has 3 nitrogen and oxygen atoms in total. The Balaban J connectivity index is 2.12. The van der Waals surface area contributed by atoms with Gasteiger partial charge in [-0.15, -0.1) is 0 Å². The Kier molecular flexibility index (Phi) is 4.31. The zero-order chi connectivity index (χ0) is 14.8. The molecule has 21 heavy (non-hydrogen) atoms. The SMILES string of the molecule is [O-][S+]1c2ccccc2Cc2c(CCO)cc(CCO)cc21. The van der Waals surface area contributed by atoms with Crippen molar-refractivity contribution in [3.8, 4) is 0 Å². The molecule has 1 atom stereocenters. The van der Waals surface area contributed by atoms with E-state index in [1.54, 1.807) is 0 Å². The van der Waals surface area contributed by atoms with Crippen LogP contribution in [0, 0.1) is 0 Å². The Hall–Kier alpha value is -1.33. The highest BCUT2D eigenvalue weighted by molar-refractivity contribution is 7.91. The second-order valence-electron chi connectivity index (χ2n) is 5.23. The number of aliphatic hydroxyl groups excluding tert-OH is 2. The number of benzene rings is 2. The zero-order valence-electron chi connectivity index (χ0n) is 11.7. The fourth-order valence-electron chi connectivity index (χ4n) is 2.89. The zero-order valence-corrected chi connectivity index (χ0v) is 12.5. The topological polar surface area (TPSA) is 63.5 Å². The minimum atomic E-state index is -1.18. The second-order valence-corrected chi connectivity index (χ2v) is 6.65. The Morgan fingerprint density at radius 2 is 1.76 bits per heavy atom. The van der Waals surface area contributed by atoms with E-state index in [1.165, 1.54) is 0 Å². The molecule has 0 amide bonds. The van der Waals surface area contributed by atoms with Gasteiger partial charge in [0, 0.05) is 41.9 Å². The van der Waals surface area contributed by atoms with Gasteiger partial charge in [0.15, 0.2) is 9.79 Å². The minimum absolute atomic E-state index is 0.0700. The smallest absolute Gasteiger partial charge is 0.162 e. The van der Waals surface area contributed by atoms with E-state index in [0.29, 0.717) is 12.8 Å². The van der Waals surface area contributed by atoms with Gasteiger partial charge < -0.3 is 14.8 Å². The van der Waals surface area contributed by atoms with E-state index in [2.05, 4.69) is 0 Å². The molecular weight excluding hydrogens is 284 g/mol. The molecule has 0 fully saturated rings. The van der Waals surface area contributed by atoms with E-state index < -0.39 is 11.2 Å². The molecule has 0 radical (unpaired) electrons. The predicted octanol–water partition coefficient (Wildman–Crippen LogP) is 1.83. The Labute approximate surface area is 127 Å². The van der Waals surface area contributed by atoms with Crippen molar-refractivity contribution in [3.05, 3.63) is 58.7 Å². The number of hydrogen-bond donors (Lipinski definition) is 2. The van der Waals surface area contributed by atoms with Gasteiger partial charge in [0.05, 0.1) is 0 Å². The van der Waals surface area contributed by atoms with Crippen LogP contribution in [0.25, 0.3) is 0 Å². The number of hydrogen-bond acceptors (Lipinski definition) is 3. The standard InChI is InChI=1S/C17H18O3S/c18-7-5-12-9-13(6-8-19)15-11-14-3-1-2-4-16(14)21(20)17(15)10-12/h1-4,9-10,18-19H,5-8,11H2. The lowest BCUT2D eigenvalue weighted by Gasteiger charge is -2.24. The molecule has 0 aliphatic carbocycles. The third-order valence-electron chi connectivity index (χ3n) is 3.88. The Morgan fingerprint density at radius 1 is 1.00 bits per heavy atom. The van der Waals surface area contributed by atoms with E-state index in [9.17, 15) is 9.66 Å². The monoisotopic (exact) mass is 302 g/mol. The first-order valence-corrected chi connectivity index (χ1v) is 8.25. The van der Waals surface area contributed by atoms with Gasteiger partial charge in [-0.3, -0.25) is 0 Å². The third-order valence-corrected chi connectivity index (χ3v) is 5.44. The summed E-state index contributed by atoms with van der Waals surface area (Å²) < 4.78 is 12.8. The van der Waals surface area contributed by atoms with Crippen LogP contribution >= 0.6 is 0 Å². The average molecular weight is 302 g/mol. The van der Waals surface area contributed by atoms with Gasteiger partial charge in [-0.2, -0.15) is 0 Å². The van der Waals surface area contributed by atoms with Gasteiger partial charge in [-0.25, -0.2) is 0 Å². The number of aliphatic hydroxyl groups is 2. The van der Waals surface area contributed by atoms with Crippen molar-refractivity contribution in [2.75, 3.05) is 13.2 Å². The highest BCUT2D eigenvalue weighted by atomic mass is 32.2. The molecule has 3 rings (SSSR count). The van der Waals surface area contributed by atoms with Crippen LogP contribution in [0.4, 0.5) is 0 Å². The molecule has 1 aliphatic heterocycles. The van der Waals surface area contributed by atoms with Crippen LogP contribution in [-0.4, -0.2) is 28.0 Å². The number of rotatable bonds is 4. The van der Waals surface area contributed by atoms with Crippen LogP contribution in [0.1, 0.15) is 22.3 Å². The molecule has 110 valence electrons. The molecule has 0 spiro atoms. The fourth-order valence-corrected chi connectivity index (χ4v) is 4.39. The molecular formula is C17H18O3S. The van der Waals surface area contributed by atoms with Crippen LogP contribution in [0.2, 0.25) is 0 Å². The highest BCUT2D eigenvalue weighted by Gasteiger charge is 2.30. The van der Waals surface area contributed by atoms with Crippen LogP contribution in [0.15, 0.2) is 46.2 Å². The summed E-state index contributed by atoms with van der Waals surface area (Å²) in [5, 5.41) is 18.4. The van der Waals surface area contributed by atoms with Crippen LogP contribution < -0.4 is 0 Å². The molecule has 0 saturated carbocycles. The third kappa shape index (κ3) is 2.72. The van der Waals surface area contributed by atoms with Crippen LogP contribution in [0.5, 0.6) is 0 Å². The largest absolute Gasteiger partial charge is 0.606 e. The van der Waals surface area contributed by atoms with Gasteiger partial charge in [0.2, 0.25) is 0 Å². The summed E-state index contributed by atoms with van der Waals surface area (Å²) in [7, 11) is 0. The van der Waals surface area contributed by atoms with Crippen molar-refractivity contribution in [1.29, 1.82) is 0 Å². The van der Waals surface area contributed by atoms with Crippen molar-refractivity contribution >= 4 is 11.2 Å². The first kappa shape index (κ1) is 14.6. The molecule has 1 unspecified atom stereocenters. The van der Waals surface area contributed by atoms with Crippen LogP contribution in [0.3, 0.4) is 0 Å². The molecule has 2 aromatic rings. The molecule has 2 aromatic carbocycles. The maximum Gasteiger partial charge on any atom is 0.162 e. The Morgan fingerprint density at radius 3 is 2.52 bits per heavy atom. The van der Waals surface area contributed by atoms with Crippen molar-refractivity contribution in [2.45, 2.75) is 29.1 Å². The predicted molar refractivity (Wildman–Crippen MR) is 81.9 cm³/mol. The fraction of sp³-hybridized carbons (Fsp3) is 0.294. The van der Waals surface area contributed by atoms with Gasteiger partial charge in [-0.1, -0.05) is 24.3 Å². The summed E-state index contributed by atoms with van der Waals surface area (Å²) in [6.07, 6.45) is 1.86. The minimum Gasteiger partial charge on any atom is -0.606 e. The second kappa shape index (κ2) is 6.20. The van der Waals surface area contributed by atoms with Crippen molar-refractivity contribution in [3.63, 3.8) is 0 Å². The lowest BCUT2D eigenvalue weighted by Crippen LogP contribution is -2.17. The van der Waals surface area contributed by atoms with E-state index in [4.69, 9.17) is 5.11 Å². The van der Waals surface area contributed by atoms with E-state index in [-0.39, 0.29) is 13.2 Å². The summed E-state index contributed by atoms with van der Waals surface area (Å²) >= 11 is -1.18. The molecule has 0 bridgehead atoms. The van der Waals surface area contributed by atoms with Gasteiger partial charge in [-0.05, 0) is 36.1 Å². The lowest BCUT2D eigenvalue weighted by atomic mass is 9.94. The summed E-state index contributed by atoms with van der Waals surface area (Å²) in [4.78, 5) is 1.71. The van der Waals surface area contributed by atoms with Crippen molar-refractivity contribution < 1.29 is 14.8 Å². The van der Waals surface area contributed by atoms with Crippen molar-refractivity contribution in [2.24, 2.45) is 0 Å². The summed E-state index contributed by atoms with van der Waals surface area (Å²) in [5.74, 6) is 0. The molecule has 1 heterocycles. The molecule has 0 saturated heterocycles. The quantitative estimate of drug-likeness (QED) is 0.847. The van der Waals surface area contributed by atoms with E-state index in [1.807, 2.05) is 36.4 Å². The molecule has 2 N–H and O–H groups in total. The molecule has 4 heteroatoms.